The molecule has 0 saturated heterocycles. The van der Waals surface area contributed by atoms with Gasteiger partial charge in [0.15, 0.2) is 0 Å². The number of hydrogen-bond donors (Lipinski definition) is 2. The number of benzene rings is 1. The SMILES string of the molecule is CC(C)(NC(=O)c1cc(Cl)cc(Cl)c1)C(=O)C(=O)O. The Kier molecular flexibility index (Phi) is 4.55. The van der Waals surface area contributed by atoms with E-state index in [0.29, 0.717) is 0 Å². The highest BCUT2D eigenvalue weighted by molar-refractivity contribution is 6.37. The molecule has 2 N–H and O–H groups in total. The molecule has 7 heteroatoms. The zero-order chi connectivity index (χ0) is 14.8. The Balaban J connectivity index is 2.96. The molecule has 0 spiro atoms. The molecule has 5 nitrogen and oxygen atoms in total. The molecule has 1 aromatic carbocycles. The quantitative estimate of drug-likeness (QED) is 0.835. The number of carboxylic acid groups (broad SMARTS) is 1. The van der Waals surface area contributed by atoms with Gasteiger partial charge in [-0.05, 0) is 32.0 Å². The second-order valence-electron chi connectivity index (χ2n) is 4.37. The highest BCUT2D eigenvalue weighted by atomic mass is 35.5. The number of carbonyl (C=O) groups is 3. The molecule has 0 aliphatic carbocycles. The second kappa shape index (κ2) is 5.59. The summed E-state index contributed by atoms with van der Waals surface area (Å²) in [5.74, 6) is -3.37. The van der Waals surface area contributed by atoms with Crippen molar-refractivity contribution in [1.82, 2.24) is 5.32 Å². The van der Waals surface area contributed by atoms with E-state index in [1.165, 1.54) is 32.0 Å². The van der Waals surface area contributed by atoms with Gasteiger partial charge in [0.05, 0.1) is 0 Å². The number of amides is 1. The molecule has 1 aromatic rings. The minimum absolute atomic E-state index is 0.142. The van der Waals surface area contributed by atoms with Crippen molar-refractivity contribution in [1.29, 1.82) is 0 Å². The highest BCUT2D eigenvalue weighted by Crippen LogP contribution is 2.19. The van der Waals surface area contributed by atoms with Gasteiger partial charge in [0.2, 0.25) is 0 Å². The van der Waals surface area contributed by atoms with Crippen molar-refractivity contribution < 1.29 is 19.5 Å². The molecular formula is C12H11Cl2NO4. The average Bonchev–Trinajstić information content (AvgIpc) is 2.25. The van der Waals surface area contributed by atoms with Crippen molar-refractivity contribution in [3.63, 3.8) is 0 Å². The van der Waals surface area contributed by atoms with Crippen molar-refractivity contribution in [3.8, 4) is 0 Å². The number of aliphatic carboxylic acids is 1. The Bertz CT molecular complexity index is 534. The van der Waals surface area contributed by atoms with Gasteiger partial charge < -0.3 is 10.4 Å². The minimum atomic E-state index is -1.62. The molecule has 0 radical (unpaired) electrons. The molecule has 0 aliphatic rings. The first-order chi connectivity index (χ1) is 8.63. The van der Waals surface area contributed by atoms with Crippen LogP contribution in [0.25, 0.3) is 0 Å². The summed E-state index contributed by atoms with van der Waals surface area (Å²) in [6.45, 7) is 2.60. The van der Waals surface area contributed by atoms with E-state index in [-0.39, 0.29) is 15.6 Å². The maximum Gasteiger partial charge on any atom is 0.374 e. The first kappa shape index (κ1) is 15.5. The van der Waals surface area contributed by atoms with Crippen LogP contribution in [0, 0.1) is 0 Å². The first-order valence-electron chi connectivity index (χ1n) is 5.20. The summed E-state index contributed by atoms with van der Waals surface area (Å²) in [4.78, 5) is 33.9. The van der Waals surface area contributed by atoms with Crippen LogP contribution >= 0.6 is 23.2 Å². The van der Waals surface area contributed by atoms with E-state index < -0.39 is 23.2 Å². The second-order valence-corrected chi connectivity index (χ2v) is 5.24. The maximum absolute atomic E-state index is 11.9. The highest BCUT2D eigenvalue weighted by Gasteiger charge is 2.34. The summed E-state index contributed by atoms with van der Waals surface area (Å²) in [5.41, 5.74) is -1.39. The number of nitrogens with one attached hydrogen (secondary N) is 1. The number of hydrogen-bond acceptors (Lipinski definition) is 3. The number of rotatable bonds is 4. The number of ketones is 1. The topological polar surface area (TPSA) is 83.5 Å². The van der Waals surface area contributed by atoms with E-state index in [0.717, 1.165) is 0 Å². The fourth-order valence-corrected chi connectivity index (χ4v) is 1.89. The van der Waals surface area contributed by atoms with E-state index in [1.807, 2.05) is 0 Å². The molecule has 0 heterocycles. The van der Waals surface area contributed by atoms with Crippen LogP contribution in [0.5, 0.6) is 0 Å². The lowest BCUT2D eigenvalue weighted by Gasteiger charge is -2.22. The largest absolute Gasteiger partial charge is 0.475 e. The molecule has 1 rings (SSSR count). The lowest BCUT2D eigenvalue weighted by Crippen LogP contribution is -2.52. The molecule has 19 heavy (non-hydrogen) atoms. The lowest BCUT2D eigenvalue weighted by molar-refractivity contribution is -0.151. The van der Waals surface area contributed by atoms with Gasteiger partial charge in [-0.1, -0.05) is 23.2 Å². The van der Waals surface area contributed by atoms with Crippen molar-refractivity contribution >= 4 is 40.9 Å². The smallest absolute Gasteiger partial charge is 0.374 e. The number of carboxylic acids is 1. The molecule has 1 amide bonds. The molecule has 0 aromatic heterocycles. The maximum atomic E-state index is 11.9. The Morgan fingerprint density at radius 2 is 1.58 bits per heavy atom. The zero-order valence-corrected chi connectivity index (χ0v) is 11.7. The fraction of sp³-hybridized carbons (Fsp3) is 0.250. The third-order valence-corrected chi connectivity index (χ3v) is 2.75. The van der Waals surface area contributed by atoms with Crippen molar-refractivity contribution in [2.75, 3.05) is 0 Å². The summed E-state index contributed by atoms with van der Waals surface area (Å²) in [5, 5.41) is 11.5. The number of carbonyl (C=O) groups excluding carboxylic acids is 2. The van der Waals surface area contributed by atoms with Gasteiger partial charge in [-0.15, -0.1) is 0 Å². The van der Waals surface area contributed by atoms with E-state index in [2.05, 4.69) is 5.32 Å². The standard InChI is InChI=1S/C12H11Cl2NO4/c1-12(2,9(16)11(18)19)15-10(17)6-3-7(13)5-8(14)4-6/h3-5H,1-2H3,(H,15,17)(H,18,19). The van der Waals surface area contributed by atoms with Crippen LogP contribution in [0.3, 0.4) is 0 Å². The summed E-state index contributed by atoms with van der Waals surface area (Å²) in [6.07, 6.45) is 0. The normalized spacial score (nSPS) is 10.9. The van der Waals surface area contributed by atoms with Crippen LogP contribution in [-0.2, 0) is 9.59 Å². The fourth-order valence-electron chi connectivity index (χ4n) is 1.37. The number of halogens is 2. The van der Waals surface area contributed by atoms with Gasteiger partial charge in [-0.2, -0.15) is 0 Å². The molecule has 0 bridgehead atoms. The predicted molar refractivity (Wildman–Crippen MR) is 70.7 cm³/mol. The Morgan fingerprint density at radius 1 is 1.11 bits per heavy atom. The van der Waals surface area contributed by atoms with Crippen LogP contribution in [0.4, 0.5) is 0 Å². The molecule has 0 saturated carbocycles. The van der Waals surface area contributed by atoms with Gasteiger partial charge in [-0.3, -0.25) is 9.59 Å². The third-order valence-electron chi connectivity index (χ3n) is 2.31. The first-order valence-corrected chi connectivity index (χ1v) is 5.95. The summed E-state index contributed by atoms with van der Waals surface area (Å²) < 4.78 is 0. The van der Waals surface area contributed by atoms with Gasteiger partial charge in [0.25, 0.3) is 11.7 Å². The average molecular weight is 304 g/mol. The summed E-state index contributed by atoms with van der Waals surface area (Å²) in [6, 6.07) is 4.18. The van der Waals surface area contributed by atoms with Crippen molar-refractivity contribution in [2.24, 2.45) is 0 Å². The Hall–Kier alpha value is -1.59. The van der Waals surface area contributed by atoms with Crippen LogP contribution in [-0.4, -0.2) is 28.3 Å². The van der Waals surface area contributed by atoms with Crippen LogP contribution in [0.2, 0.25) is 10.0 Å². The Morgan fingerprint density at radius 3 is 2.00 bits per heavy atom. The molecular weight excluding hydrogens is 293 g/mol. The van der Waals surface area contributed by atoms with Gasteiger partial charge in [0.1, 0.15) is 5.54 Å². The number of Topliss-reactive ketones (excluding diaryl/α,β-unsaturated/α-hetero) is 1. The third kappa shape index (κ3) is 3.94. The molecule has 0 aliphatic heterocycles. The van der Waals surface area contributed by atoms with Crippen LogP contribution in [0.15, 0.2) is 18.2 Å². The molecule has 0 fully saturated rings. The van der Waals surface area contributed by atoms with E-state index >= 15 is 0 Å². The zero-order valence-electron chi connectivity index (χ0n) is 10.2. The molecule has 0 unspecified atom stereocenters. The van der Waals surface area contributed by atoms with Crippen molar-refractivity contribution in [2.45, 2.75) is 19.4 Å². The van der Waals surface area contributed by atoms with Gasteiger partial charge in [-0.25, -0.2) is 4.79 Å². The van der Waals surface area contributed by atoms with Crippen molar-refractivity contribution in [3.05, 3.63) is 33.8 Å². The summed E-state index contributed by atoms with van der Waals surface area (Å²) in [7, 11) is 0. The van der Waals surface area contributed by atoms with E-state index in [1.54, 1.807) is 0 Å². The molecule has 0 atom stereocenters. The monoisotopic (exact) mass is 303 g/mol. The predicted octanol–water partition coefficient (Wildman–Crippen LogP) is 2.16. The summed E-state index contributed by atoms with van der Waals surface area (Å²) >= 11 is 11.5. The molecule has 102 valence electrons. The lowest BCUT2D eigenvalue weighted by atomic mass is 9.98. The minimum Gasteiger partial charge on any atom is -0.475 e. The Labute approximate surface area is 119 Å². The van der Waals surface area contributed by atoms with Crippen LogP contribution in [0.1, 0.15) is 24.2 Å². The van der Waals surface area contributed by atoms with E-state index in [4.69, 9.17) is 28.3 Å². The van der Waals surface area contributed by atoms with Crippen LogP contribution < -0.4 is 5.32 Å². The van der Waals surface area contributed by atoms with Gasteiger partial charge in [0, 0.05) is 15.6 Å². The van der Waals surface area contributed by atoms with E-state index in [9.17, 15) is 14.4 Å². The van der Waals surface area contributed by atoms with Gasteiger partial charge >= 0.3 is 5.97 Å².